The van der Waals surface area contributed by atoms with Crippen LogP contribution in [0.25, 0.3) is 0 Å². The zero-order chi connectivity index (χ0) is 13.3. The second-order valence-corrected chi connectivity index (χ2v) is 2.81. The van der Waals surface area contributed by atoms with Crippen LogP contribution in [0.5, 0.6) is 0 Å². The maximum absolute atomic E-state index is 11.2. The van der Waals surface area contributed by atoms with Crippen LogP contribution >= 0.6 is 0 Å². The van der Waals surface area contributed by atoms with Crippen molar-refractivity contribution in [2.75, 3.05) is 6.61 Å². The van der Waals surface area contributed by atoms with Crippen LogP contribution in [0.4, 0.5) is 0 Å². The molecule has 0 aliphatic heterocycles. The molecule has 0 aromatic heterocycles. The van der Waals surface area contributed by atoms with E-state index in [0.29, 0.717) is 5.71 Å². The second-order valence-electron chi connectivity index (χ2n) is 2.81. The molecule has 0 rings (SSSR count). The van der Waals surface area contributed by atoms with Crippen molar-refractivity contribution in [2.45, 2.75) is 13.8 Å². The molecule has 0 spiro atoms. The van der Waals surface area contributed by atoms with E-state index in [0.717, 1.165) is 6.20 Å². The Morgan fingerprint density at radius 2 is 2.35 bits per heavy atom. The Balaban J connectivity index is 4.55. The van der Waals surface area contributed by atoms with Crippen LogP contribution in [0.15, 0.2) is 29.2 Å². The Labute approximate surface area is 99.0 Å². The first-order valence-corrected chi connectivity index (χ1v) is 4.73. The van der Waals surface area contributed by atoms with E-state index in [2.05, 4.69) is 21.8 Å². The highest BCUT2D eigenvalue weighted by Gasteiger charge is 2.08. The van der Waals surface area contributed by atoms with Crippen molar-refractivity contribution in [3.63, 3.8) is 0 Å². The molecule has 7 heteroatoms. The van der Waals surface area contributed by atoms with Gasteiger partial charge in [0.25, 0.3) is 0 Å². The lowest BCUT2D eigenvalue weighted by molar-refractivity contribution is -0.138. The van der Waals surface area contributed by atoms with Crippen molar-refractivity contribution in [1.29, 1.82) is 5.26 Å². The van der Waals surface area contributed by atoms with Crippen LogP contribution < -0.4 is 10.9 Å². The van der Waals surface area contributed by atoms with Gasteiger partial charge in [0.05, 0.1) is 18.0 Å². The smallest absolute Gasteiger partial charge is 0.350 e. The van der Waals surface area contributed by atoms with Gasteiger partial charge < -0.3 is 4.74 Å². The third kappa shape index (κ3) is 5.34. The van der Waals surface area contributed by atoms with Crippen LogP contribution in [0.3, 0.4) is 0 Å². The Kier molecular flexibility index (Phi) is 6.81. The summed E-state index contributed by atoms with van der Waals surface area (Å²) in [4.78, 5) is 11.2. The number of ether oxygens (including phenoxy) is 1. The molecule has 0 saturated carbocycles. The SMILES string of the molecule is C=C(NO)C(C)=NNC=C(C#N)C(=O)OCC. The van der Waals surface area contributed by atoms with Gasteiger partial charge >= 0.3 is 5.97 Å². The summed E-state index contributed by atoms with van der Waals surface area (Å²) < 4.78 is 4.63. The molecule has 0 atom stereocenters. The monoisotopic (exact) mass is 238 g/mol. The van der Waals surface area contributed by atoms with Crippen molar-refractivity contribution in [2.24, 2.45) is 5.10 Å². The van der Waals surface area contributed by atoms with Gasteiger partial charge in [-0.15, -0.1) is 0 Å². The summed E-state index contributed by atoms with van der Waals surface area (Å²) in [5, 5.41) is 20.9. The lowest BCUT2D eigenvalue weighted by Gasteiger charge is -2.02. The van der Waals surface area contributed by atoms with E-state index in [-0.39, 0.29) is 17.9 Å². The third-order valence-corrected chi connectivity index (χ3v) is 1.63. The lowest BCUT2D eigenvalue weighted by atomic mass is 10.3. The van der Waals surface area contributed by atoms with Crippen LogP contribution in [0, 0.1) is 11.3 Å². The average molecular weight is 238 g/mol. The van der Waals surface area contributed by atoms with E-state index in [1.807, 2.05) is 5.48 Å². The van der Waals surface area contributed by atoms with Crippen molar-refractivity contribution in [3.05, 3.63) is 24.0 Å². The van der Waals surface area contributed by atoms with E-state index in [1.165, 1.54) is 0 Å². The number of nitriles is 1. The van der Waals surface area contributed by atoms with Gasteiger partial charge in [-0.3, -0.25) is 16.1 Å². The fraction of sp³-hybridized carbons (Fsp3) is 0.300. The van der Waals surface area contributed by atoms with Gasteiger partial charge in [-0.05, 0) is 13.8 Å². The number of carbonyl (C=O) groups excluding carboxylic acids is 1. The molecule has 0 aliphatic rings. The highest BCUT2D eigenvalue weighted by Crippen LogP contribution is 1.95. The number of esters is 1. The molecule has 0 fully saturated rings. The first kappa shape index (κ1) is 14.7. The Morgan fingerprint density at radius 3 is 2.82 bits per heavy atom. The number of hydroxylamine groups is 1. The summed E-state index contributed by atoms with van der Waals surface area (Å²) in [5.41, 5.74) is 4.56. The van der Waals surface area contributed by atoms with Gasteiger partial charge in [0.1, 0.15) is 6.07 Å². The molecule has 0 heterocycles. The Bertz CT molecular complexity index is 393. The molecule has 7 nitrogen and oxygen atoms in total. The number of hydrogen-bond donors (Lipinski definition) is 3. The van der Waals surface area contributed by atoms with Crippen LogP contribution in [-0.2, 0) is 9.53 Å². The first-order chi connectivity index (χ1) is 8.06. The fourth-order valence-electron chi connectivity index (χ4n) is 0.688. The summed E-state index contributed by atoms with van der Waals surface area (Å²) in [5.74, 6) is -0.727. The van der Waals surface area contributed by atoms with E-state index in [9.17, 15) is 4.79 Å². The van der Waals surface area contributed by atoms with Crippen molar-refractivity contribution in [3.8, 4) is 6.07 Å². The predicted molar refractivity (Wildman–Crippen MR) is 60.6 cm³/mol. The van der Waals surface area contributed by atoms with E-state index >= 15 is 0 Å². The molecule has 0 bridgehead atoms. The standard InChI is InChI=1S/C10H14N4O3/c1-4-17-10(15)9(5-11)6-12-13-7(2)8(3)14-16/h6,12,14,16H,3-4H2,1-2H3. The Morgan fingerprint density at radius 1 is 1.71 bits per heavy atom. The maximum atomic E-state index is 11.2. The zero-order valence-electron chi connectivity index (χ0n) is 9.65. The van der Waals surface area contributed by atoms with Gasteiger partial charge in [0, 0.05) is 6.20 Å². The number of allylic oxidation sites excluding steroid dienone is 1. The molecule has 0 amide bonds. The number of carbonyl (C=O) groups is 1. The number of nitrogens with one attached hydrogen (secondary N) is 2. The molecule has 0 saturated heterocycles. The zero-order valence-corrected chi connectivity index (χ0v) is 9.65. The van der Waals surface area contributed by atoms with Gasteiger partial charge in [0.2, 0.25) is 0 Å². The molecule has 17 heavy (non-hydrogen) atoms. The van der Waals surface area contributed by atoms with Gasteiger partial charge in [0.15, 0.2) is 5.57 Å². The molecular formula is C10H14N4O3. The lowest BCUT2D eigenvalue weighted by Crippen LogP contribution is -2.15. The van der Waals surface area contributed by atoms with Crippen LogP contribution in [-0.4, -0.2) is 23.5 Å². The van der Waals surface area contributed by atoms with Crippen LogP contribution in [0.2, 0.25) is 0 Å². The number of hydrazone groups is 1. The fourth-order valence-corrected chi connectivity index (χ4v) is 0.688. The number of rotatable bonds is 6. The molecule has 0 aromatic carbocycles. The number of nitrogens with zero attached hydrogens (tertiary/aromatic N) is 2. The molecule has 0 aromatic rings. The Hall–Kier alpha value is -2.33. The predicted octanol–water partition coefficient (Wildman–Crippen LogP) is 0.415. The minimum Gasteiger partial charge on any atom is -0.462 e. The maximum Gasteiger partial charge on any atom is 0.350 e. The number of hydrogen-bond acceptors (Lipinski definition) is 7. The molecule has 0 radical (unpaired) electrons. The topological polar surface area (TPSA) is 107 Å². The van der Waals surface area contributed by atoms with Crippen molar-refractivity contribution in [1.82, 2.24) is 10.9 Å². The van der Waals surface area contributed by atoms with Crippen molar-refractivity contribution >= 4 is 11.7 Å². The summed E-state index contributed by atoms with van der Waals surface area (Å²) in [6.07, 6.45) is 1.10. The quantitative estimate of drug-likeness (QED) is 0.203. The van der Waals surface area contributed by atoms with E-state index < -0.39 is 5.97 Å². The minimum absolute atomic E-state index is 0.186. The molecular weight excluding hydrogens is 224 g/mol. The summed E-state index contributed by atoms with van der Waals surface area (Å²) in [6.45, 7) is 6.84. The van der Waals surface area contributed by atoms with Gasteiger partial charge in [-0.2, -0.15) is 10.4 Å². The highest BCUT2D eigenvalue weighted by atomic mass is 16.5. The normalized spacial score (nSPS) is 11.4. The van der Waals surface area contributed by atoms with Gasteiger partial charge in [-0.1, -0.05) is 6.58 Å². The van der Waals surface area contributed by atoms with Crippen LogP contribution in [0.1, 0.15) is 13.8 Å². The molecule has 0 unspecified atom stereocenters. The van der Waals surface area contributed by atoms with Gasteiger partial charge in [-0.25, -0.2) is 4.79 Å². The minimum atomic E-state index is -0.727. The van der Waals surface area contributed by atoms with E-state index in [4.69, 9.17) is 10.5 Å². The molecule has 92 valence electrons. The first-order valence-electron chi connectivity index (χ1n) is 4.73. The largest absolute Gasteiger partial charge is 0.462 e. The second kappa shape index (κ2) is 7.90. The van der Waals surface area contributed by atoms with E-state index in [1.54, 1.807) is 19.9 Å². The molecule has 3 N–H and O–H groups in total. The summed E-state index contributed by atoms with van der Waals surface area (Å²) >= 11 is 0. The highest BCUT2D eigenvalue weighted by molar-refractivity contribution is 5.96. The molecule has 0 aliphatic carbocycles. The average Bonchev–Trinajstić information content (AvgIpc) is 2.33. The summed E-state index contributed by atoms with van der Waals surface area (Å²) in [7, 11) is 0. The van der Waals surface area contributed by atoms with Crippen molar-refractivity contribution < 1.29 is 14.7 Å². The summed E-state index contributed by atoms with van der Waals surface area (Å²) in [6, 6.07) is 1.67. The third-order valence-electron chi connectivity index (χ3n) is 1.63.